The van der Waals surface area contributed by atoms with Crippen LogP contribution in [0.15, 0.2) is 72.8 Å². The lowest BCUT2D eigenvalue weighted by Gasteiger charge is -2.43. The van der Waals surface area contributed by atoms with Gasteiger partial charge in [-0.1, -0.05) is 51.0 Å². The normalized spacial score (nSPS) is 21.5. The number of H-pyrrole nitrogens is 2. The topological polar surface area (TPSA) is 305 Å². The van der Waals surface area contributed by atoms with Crippen molar-refractivity contribution in [3.8, 4) is 33.8 Å². The first-order valence-electron chi connectivity index (χ1n) is 30.4. The zero-order chi connectivity index (χ0) is 65.9. The number of nitrogens with one attached hydrogen (secondary N) is 2. The molecule has 0 spiro atoms. The average Bonchev–Trinajstić information content (AvgIpc) is 1.29. The number of hydrogen-bond donors (Lipinski definition) is 2. The molecule has 92 heavy (non-hydrogen) atoms. The highest BCUT2D eigenvalue weighted by Crippen LogP contribution is 2.39. The van der Waals surface area contributed by atoms with Crippen LogP contribution < -0.4 is 9.47 Å². The maximum absolute atomic E-state index is 12.6. The molecule has 0 amide bonds. The zero-order valence-electron chi connectivity index (χ0n) is 52.7. The van der Waals surface area contributed by atoms with Crippen molar-refractivity contribution >= 4 is 94.1 Å². The van der Waals surface area contributed by atoms with Crippen molar-refractivity contribution in [2.75, 3.05) is 13.2 Å². The van der Waals surface area contributed by atoms with Gasteiger partial charge in [0.15, 0.2) is 24.4 Å². The first-order valence-corrected chi connectivity index (χ1v) is 30.4. The molecule has 9 rings (SSSR count). The Kier molecular flexibility index (Phi) is 21.7. The minimum atomic E-state index is -1.46. The quantitative estimate of drug-likeness (QED) is 0.0471. The minimum Gasteiger partial charge on any atom is -0.463 e. The van der Waals surface area contributed by atoms with Crippen LogP contribution in [-0.4, -0.2) is 142 Å². The Morgan fingerprint density at radius 2 is 0.707 bits per heavy atom. The van der Waals surface area contributed by atoms with Crippen LogP contribution in [0.4, 0.5) is 0 Å². The third-order valence-corrected chi connectivity index (χ3v) is 15.2. The van der Waals surface area contributed by atoms with Crippen LogP contribution in [0.1, 0.15) is 129 Å². The second kappa shape index (κ2) is 30.0. The summed E-state index contributed by atoms with van der Waals surface area (Å²) in [5, 5.41) is 0. The molecule has 7 heterocycles. The number of aryl methyl sites for hydroxylation is 2. The molecule has 0 aliphatic carbocycles. The summed E-state index contributed by atoms with van der Waals surface area (Å²) in [5.41, 5.74) is 10.9. The Morgan fingerprint density at radius 1 is 0.391 bits per heavy atom. The summed E-state index contributed by atoms with van der Waals surface area (Å²) >= 11 is 0. The molecule has 2 aromatic carbocycles. The van der Waals surface area contributed by atoms with Gasteiger partial charge < -0.3 is 66.8 Å². The van der Waals surface area contributed by atoms with Gasteiger partial charge in [-0.25, -0.2) is 9.97 Å². The second-order valence-corrected chi connectivity index (χ2v) is 22.3. The number of fused-ring (bicyclic) bond motifs is 8. The molecule has 3 aromatic heterocycles. The molecule has 2 fully saturated rings. The molecule has 2 saturated heterocycles. The number of nitrogens with zero attached hydrogens (tertiary/aromatic N) is 2. The summed E-state index contributed by atoms with van der Waals surface area (Å²) in [6, 6.07) is 22.3. The number of carbonyl (C=O) groups is 8. The molecule has 486 valence electrons. The fourth-order valence-corrected chi connectivity index (χ4v) is 11.4. The van der Waals surface area contributed by atoms with Crippen LogP contribution in [-0.2, 0) is 98.6 Å². The van der Waals surface area contributed by atoms with Crippen LogP contribution in [0.3, 0.4) is 0 Å². The number of aromatic nitrogens is 4. The average molecular weight is 1270 g/mol. The number of unbranched alkanes of at least 4 members (excludes halogenated alkanes) is 2. The molecule has 0 radical (unpaired) electrons. The molecule has 0 saturated carbocycles. The van der Waals surface area contributed by atoms with Crippen LogP contribution in [0.25, 0.3) is 68.6 Å². The Labute approximate surface area is 530 Å². The van der Waals surface area contributed by atoms with Crippen LogP contribution >= 0.6 is 0 Å². The van der Waals surface area contributed by atoms with E-state index in [1.165, 1.54) is 13.8 Å². The molecule has 24 heteroatoms. The number of rotatable bonds is 22. The SMILES string of the molecule is CCCCc1c2nc(c(-c3ccc(O[C@@H]4O[C@H](COC(C)=O)[C@@H](OC(C)=O)[C@H](OC(C)=O)[C@H]4OC(C)=O)cc3)c3ccc([nH]3)c(CCCC)c3nc(c(-c4ccc(O[C@@H]5O[C@H](COC(C)=O)[C@@H](OC(C)=O)[C@H](OC(C)=O)[C@H]5OC(C)=O)cc4)c4ccc1[nH]4)C=C3)C=C2. The summed E-state index contributed by atoms with van der Waals surface area (Å²) < 4.78 is 69.5. The van der Waals surface area contributed by atoms with Crippen molar-refractivity contribution < 1.29 is 95.2 Å². The lowest BCUT2D eigenvalue weighted by atomic mass is 9.98. The molecule has 10 atom stereocenters. The summed E-state index contributed by atoms with van der Waals surface area (Å²) in [7, 11) is 0. The van der Waals surface area contributed by atoms with Crippen molar-refractivity contribution in [2.45, 2.75) is 169 Å². The number of esters is 8. The molecule has 0 unspecified atom stereocenters. The maximum atomic E-state index is 12.6. The summed E-state index contributed by atoms with van der Waals surface area (Å²) in [4.78, 5) is 117. The van der Waals surface area contributed by atoms with Crippen molar-refractivity contribution in [3.63, 3.8) is 0 Å². The molecular weight excluding hydrogens is 1190 g/mol. The summed E-state index contributed by atoms with van der Waals surface area (Å²) in [6.07, 6.45) is -0.968. The lowest BCUT2D eigenvalue weighted by molar-refractivity contribution is -0.288. The van der Waals surface area contributed by atoms with E-state index in [1.54, 1.807) is 24.3 Å². The van der Waals surface area contributed by atoms with E-state index in [9.17, 15) is 38.4 Å². The largest absolute Gasteiger partial charge is 0.463 e. The van der Waals surface area contributed by atoms with E-state index in [1.807, 2.05) is 72.8 Å². The number of aromatic amines is 2. The van der Waals surface area contributed by atoms with E-state index in [4.69, 9.17) is 66.8 Å². The highest BCUT2D eigenvalue weighted by atomic mass is 16.7. The van der Waals surface area contributed by atoms with Crippen molar-refractivity contribution in [1.29, 1.82) is 0 Å². The van der Waals surface area contributed by atoms with Crippen molar-refractivity contribution in [2.24, 2.45) is 0 Å². The lowest BCUT2D eigenvalue weighted by Crippen LogP contribution is -2.63. The van der Waals surface area contributed by atoms with E-state index < -0.39 is 122 Å². The predicted molar refractivity (Wildman–Crippen MR) is 332 cm³/mol. The fraction of sp³-hybridized carbons (Fsp3) is 0.412. The third-order valence-electron chi connectivity index (χ3n) is 15.2. The third kappa shape index (κ3) is 16.3. The Morgan fingerprint density at radius 3 is 1.03 bits per heavy atom. The Bertz CT molecular complexity index is 3580. The van der Waals surface area contributed by atoms with Crippen LogP contribution in [0.2, 0.25) is 0 Å². The molecule has 4 aliphatic rings. The van der Waals surface area contributed by atoms with Crippen LogP contribution in [0.5, 0.6) is 11.5 Å². The number of hydrogen-bond acceptors (Lipinski definition) is 22. The van der Waals surface area contributed by atoms with Gasteiger partial charge in [0.2, 0.25) is 24.8 Å². The Hall–Kier alpha value is -9.68. The Balaban J connectivity index is 1.14. The number of carbonyl (C=O) groups excluding carboxylic acids is 8. The maximum Gasteiger partial charge on any atom is 0.303 e. The first kappa shape index (κ1) is 66.7. The summed E-state index contributed by atoms with van der Waals surface area (Å²) in [5.74, 6) is -5.40. The minimum absolute atomic E-state index is 0.251. The summed E-state index contributed by atoms with van der Waals surface area (Å²) in [6.45, 7) is 12.7. The monoisotopic (exact) mass is 1270 g/mol. The van der Waals surface area contributed by atoms with Gasteiger partial charge in [0.05, 0.1) is 22.8 Å². The smallest absolute Gasteiger partial charge is 0.303 e. The second-order valence-electron chi connectivity index (χ2n) is 22.3. The highest BCUT2D eigenvalue weighted by Gasteiger charge is 2.55. The van der Waals surface area contributed by atoms with Gasteiger partial charge in [0.1, 0.15) is 36.9 Å². The van der Waals surface area contributed by atoms with Gasteiger partial charge in [-0.15, -0.1) is 0 Å². The van der Waals surface area contributed by atoms with Gasteiger partial charge >= 0.3 is 47.8 Å². The molecular formula is C68H74N4O20. The molecule has 8 bridgehead atoms. The van der Waals surface area contributed by atoms with E-state index in [-0.39, 0.29) is 11.5 Å². The molecule has 2 N–H and O–H groups in total. The molecule has 24 nitrogen and oxygen atoms in total. The predicted octanol–water partition coefficient (Wildman–Crippen LogP) is 9.60. The van der Waals surface area contributed by atoms with Gasteiger partial charge in [-0.3, -0.25) is 38.4 Å². The molecule has 5 aromatic rings. The van der Waals surface area contributed by atoms with E-state index in [2.05, 4.69) is 23.8 Å². The number of benzene rings is 2. The van der Waals surface area contributed by atoms with Gasteiger partial charge in [-0.05, 0) is 110 Å². The van der Waals surface area contributed by atoms with Crippen LogP contribution in [0, 0.1) is 0 Å². The van der Waals surface area contributed by atoms with E-state index in [0.29, 0.717) is 24.2 Å². The van der Waals surface area contributed by atoms with Gasteiger partial charge in [0, 0.05) is 99.7 Å². The fourth-order valence-electron chi connectivity index (χ4n) is 11.4. The van der Waals surface area contributed by atoms with E-state index >= 15 is 0 Å². The zero-order valence-corrected chi connectivity index (χ0v) is 52.7. The van der Waals surface area contributed by atoms with Crippen molar-refractivity contribution in [3.05, 3.63) is 107 Å². The number of ether oxygens (including phenoxy) is 12. The molecule has 4 aliphatic heterocycles. The van der Waals surface area contributed by atoms with Gasteiger partial charge in [-0.2, -0.15) is 0 Å². The highest BCUT2D eigenvalue weighted by molar-refractivity contribution is 5.94. The van der Waals surface area contributed by atoms with Gasteiger partial charge in [0.25, 0.3) is 0 Å². The van der Waals surface area contributed by atoms with Crippen molar-refractivity contribution in [1.82, 2.24) is 19.9 Å². The van der Waals surface area contributed by atoms with E-state index in [0.717, 1.165) is 134 Å². The first-order chi connectivity index (χ1) is 44.1. The standard InChI is InChI=1S/C68H74N4O20/c1-11-13-15-47-49-25-29-53(69-49)59(43-17-21-45(22-18-43)89-67-65(87-41(9)79)63(85-39(7)77)61(83-37(5)75)57(91-67)33-81-35(3)73)55-31-27-51(71-55)48(16-14-12-2)52-28-32-56(72-52)60(54-30-26-50(47)70-54)44-19-23-46(24-20-44)90-68-66(88-42(10)80)64(86-40(8)78)62(84-38(6)76)58(92-68)34-82-36(4)74/h17-32,57-58,61-69,72H,11-16,33-34H2,1-10H3/t57-,58-,61-,62-,63+,64+,65-,66-,67-,68-/m1/s1.